The molecule has 1 aromatic rings. The molecule has 0 aromatic heterocycles. The SMILES string of the molecule is C=C(C)C[C@H](c1cc(C)ccc1C)N1CCNCC1.Cl.Cl. The maximum Gasteiger partial charge on any atom is 0.0388 e. The summed E-state index contributed by atoms with van der Waals surface area (Å²) < 4.78 is 0. The molecule has 0 radical (unpaired) electrons. The van der Waals surface area contributed by atoms with Crippen LogP contribution in [-0.4, -0.2) is 31.1 Å². The van der Waals surface area contributed by atoms with Gasteiger partial charge in [-0.3, -0.25) is 4.90 Å². The Morgan fingerprint density at radius 3 is 2.43 bits per heavy atom. The summed E-state index contributed by atoms with van der Waals surface area (Å²) in [5.41, 5.74) is 5.49. The lowest BCUT2D eigenvalue weighted by Crippen LogP contribution is -2.45. The highest BCUT2D eigenvalue weighted by Gasteiger charge is 2.23. The van der Waals surface area contributed by atoms with Crippen LogP contribution in [0, 0.1) is 13.8 Å². The van der Waals surface area contributed by atoms with Crippen LogP contribution in [0.4, 0.5) is 0 Å². The van der Waals surface area contributed by atoms with E-state index in [1.807, 2.05) is 0 Å². The standard InChI is InChI=1S/C17H26N2.2ClH/c1-13(2)11-17(19-9-7-18-8-10-19)16-12-14(3)5-6-15(16)4;;/h5-6,12,17-18H,1,7-11H2,2-4H3;2*1H/t17-;;/m1../s1. The van der Waals surface area contributed by atoms with Gasteiger partial charge in [0, 0.05) is 32.2 Å². The van der Waals surface area contributed by atoms with Gasteiger partial charge in [0.15, 0.2) is 0 Å². The number of hydrogen-bond acceptors (Lipinski definition) is 2. The lowest BCUT2D eigenvalue weighted by Gasteiger charge is -2.36. The van der Waals surface area contributed by atoms with Crippen LogP contribution < -0.4 is 5.32 Å². The average molecular weight is 331 g/mol. The Bertz CT molecular complexity index is 454. The molecule has 0 spiro atoms. The topological polar surface area (TPSA) is 15.3 Å². The second-order valence-corrected chi connectivity index (χ2v) is 5.82. The molecule has 21 heavy (non-hydrogen) atoms. The van der Waals surface area contributed by atoms with E-state index in [-0.39, 0.29) is 24.8 Å². The lowest BCUT2D eigenvalue weighted by molar-refractivity contribution is 0.172. The van der Waals surface area contributed by atoms with Crippen LogP contribution >= 0.6 is 24.8 Å². The molecule has 0 saturated carbocycles. The first-order valence-electron chi connectivity index (χ1n) is 7.24. The predicted molar refractivity (Wildman–Crippen MR) is 97.0 cm³/mol. The minimum Gasteiger partial charge on any atom is -0.314 e. The fraction of sp³-hybridized carbons (Fsp3) is 0.529. The summed E-state index contributed by atoms with van der Waals surface area (Å²) in [6.45, 7) is 15.1. The number of nitrogens with one attached hydrogen (secondary N) is 1. The fourth-order valence-corrected chi connectivity index (χ4v) is 2.88. The van der Waals surface area contributed by atoms with E-state index in [1.165, 1.54) is 22.3 Å². The van der Waals surface area contributed by atoms with Gasteiger partial charge in [-0.1, -0.05) is 29.3 Å². The van der Waals surface area contributed by atoms with Gasteiger partial charge in [0.25, 0.3) is 0 Å². The summed E-state index contributed by atoms with van der Waals surface area (Å²) in [6.07, 6.45) is 1.06. The second kappa shape index (κ2) is 9.47. The molecule has 0 bridgehead atoms. The van der Waals surface area contributed by atoms with Crippen molar-refractivity contribution in [1.82, 2.24) is 10.2 Å². The Morgan fingerprint density at radius 2 is 1.86 bits per heavy atom. The van der Waals surface area contributed by atoms with E-state index in [1.54, 1.807) is 0 Å². The molecular formula is C17H28Cl2N2. The van der Waals surface area contributed by atoms with Crippen molar-refractivity contribution in [1.29, 1.82) is 0 Å². The van der Waals surface area contributed by atoms with Crippen LogP contribution in [0.2, 0.25) is 0 Å². The Morgan fingerprint density at radius 1 is 1.24 bits per heavy atom. The van der Waals surface area contributed by atoms with Crippen LogP contribution in [0.1, 0.15) is 36.1 Å². The molecule has 2 rings (SSSR count). The zero-order chi connectivity index (χ0) is 13.8. The van der Waals surface area contributed by atoms with Crippen LogP contribution in [-0.2, 0) is 0 Å². The molecule has 0 amide bonds. The Labute approximate surface area is 141 Å². The smallest absolute Gasteiger partial charge is 0.0388 e. The summed E-state index contributed by atoms with van der Waals surface area (Å²) in [5, 5.41) is 3.44. The second-order valence-electron chi connectivity index (χ2n) is 5.82. The molecule has 4 heteroatoms. The van der Waals surface area contributed by atoms with Gasteiger partial charge in [0.2, 0.25) is 0 Å². The summed E-state index contributed by atoms with van der Waals surface area (Å²) in [7, 11) is 0. The summed E-state index contributed by atoms with van der Waals surface area (Å²) in [6, 6.07) is 7.29. The number of rotatable bonds is 4. The van der Waals surface area contributed by atoms with Gasteiger partial charge in [-0.05, 0) is 38.3 Å². The number of benzene rings is 1. The van der Waals surface area contributed by atoms with E-state index < -0.39 is 0 Å². The highest BCUT2D eigenvalue weighted by Crippen LogP contribution is 2.30. The van der Waals surface area contributed by atoms with Gasteiger partial charge in [0.1, 0.15) is 0 Å². The molecule has 1 N–H and O–H groups in total. The Balaban J connectivity index is 0.00000200. The Kier molecular flexibility index (Phi) is 9.23. The number of halogens is 2. The third-order valence-electron chi connectivity index (χ3n) is 3.93. The number of hydrogen-bond donors (Lipinski definition) is 1. The molecule has 120 valence electrons. The van der Waals surface area contributed by atoms with Crippen LogP contribution in [0.15, 0.2) is 30.4 Å². The van der Waals surface area contributed by atoms with Gasteiger partial charge in [0.05, 0.1) is 0 Å². The largest absolute Gasteiger partial charge is 0.314 e. The molecule has 1 heterocycles. The maximum absolute atomic E-state index is 4.13. The molecule has 1 atom stereocenters. The van der Waals surface area contributed by atoms with E-state index in [4.69, 9.17) is 0 Å². The van der Waals surface area contributed by atoms with Gasteiger partial charge in [-0.15, -0.1) is 31.4 Å². The van der Waals surface area contributed by atoms with Crippen molar-refractivity contribution in [2.45, 2.75) is 33.2 Å². The highest BCUT2D eigenvalue weighted by molar-refractivity contribution is 5.85. The Hall–Kier alpha value is -0.540. The van der Waals surface area contributed by atoms with Crippen molar-refractivity contribution < 1.29 is 0 Å². The van der Waals surface area contributed by atoms with Crippen molar-refractivity contribution in [2.24, 2.45) is 0 Å². The molecule has 1 saturated heterocycles. The minimum atomic E-state index is 0. The van der Waals surface area contributed by atoms with E-state index in [9.17, 15) is 0 Å². The van der Waals surface area contributed by atoms with E-state index in [0.29, 0.717) is 6.04 Å². The third kappa shape index (κ3) is 5.63. The zero-order valence-electron chi connectivity index (χ0n) is 13.3. The first-order chi connectivity index (χ1) is 9.08. The van der Waals surface area contributed by atoms with Crippen LogP contribution in [0.25, 0.3) is 0 Å². The predicted octanol–water partition coefficient (Wildman–Crippen LogP) is 4.06. The van der Waals surface area contributed by atoms with Gasteiger partial charge in [-0.2, -0.15) is 0 Å². The zero-order valence-corrected chi connectivity index (χ0v) is 14.9. The highest BCUT2D eigenvalue weighted by atomic mass is 35.5. The normalized spacial score (nSPS) is 16.5. The molecule has 0 unspecified atom stereocenters. The maximum atomic E-state index is 4.13. The van der Waals surface area contributed by atoms with Crippen LogP contribution in [0.5, 0.6) is 0 Å². The number of piperazine rings is 1. The average Bonchev–Trinajstić information content (AvgIpc) is 2.40. The number of nitrogens with zero attached hydrogens (tertiary/aromatic N) is 1. The molecule has 2 nitrogen and oxygen atoms in total. The summed E-state index contributed by atoms with van der Waals surface area (Å²) >= 11 is 0. The van der Waals surface area contributed by atoms with Gasteiger partial charge in [-0.25, -0.2) is 0 Å². The first-order valence-corrected chi connectivity index (χ1v) is 7.24. The summed E-state index contributed by atoms with van der Waals surface area (Å²) in [5.74, 6) is 0. The molecule has 1 fully saturated rings. The van der Waals surface area contributed by atoms with Gasteiger partial charge >= 0.3 is 0 Å². The first kappa shape index (κ1) is 20.5. The molecular weight excluding hydrogens is 303 g/mol. The van der Waals surface area contributed by atoms with Crippen molar-refractivity contribution in [3.05, 3.63) is 47.0 Å². The van der Waals surface area contributed by atoms with Crippen molar-refractivity contribution in [3.8, 4) is 0 Å². The fourth-order valence-electron chi connectivity index (χ4n) is 2.88. The molecule has 0 aliphatic carbocycles. The van der Waals surface area contributed by atoms with Crippen molar-refractivity contribution >= 4 is 24.8 Å². The van der Waals surface area contributed by atoms with E-state index >= 15 is 0 Å². The monoisotopic (exact) mass is 330 g/mol. The van der Waals surface area contributed by atoms with E-state index in [0.717, 1.165) is 32.6 Å². The molecule has 1 aromatic carbocycles. The van der Waals surface area contributed by atoms with Crippen LogP contribution in [0.3, 0.4) is 0 Å². The van der Waals surface area contributed by atoms with Crippen molar-refractivity contribution in [2.75, 3.05) is 26.2 Å². The molecule has 1 aliphatic heterocycles. The third-order valence-corrected chi connectivity index (χ3v) is 3.93. The molecule has 1 aliphatic rings. The van der Waals surface area contributed by atoms with Crippen molar-refractivity contribution in [3.63, 3.8) is 0 Å². The lowest BCUT2D eigenvalue weighted by atomic mass is 9.93. The van der Waals surface area contributed by atoms with Gasteiger partial charge < -0.3 is 5.32 Å². The van der Waals surface area contributed by atoms with E-state index in [2.05, 4.69) is 55.8 Å². The number of aryl methyl sites for hydroxylation is 2. The quantitative estimate of drug-likeness (QED) is 0.837. The minimum absolute atomic E-state index is 0. The summed E-state index contributed by atoms with van der Waals surface area (Å²) in [4.78, 5) is 2.60.